The van der Waals surface area contributed by atoms with E-state index in [1.54, 1.807) is 0 Å². The molecule has 28 heavy (non-hydrogen) atoms. The summed E-state index contributed by atoms with van der Waals surface area (Å²) in [4.78, 5) is 4.00. The Bertz CT molecular complexity index is 1220. The van der Waals surface area contributed by atoms with E-state index in [4.69, 9.17) is 12.2 Å². The van der Waals surface area contributed by atoms with Gasteiger partial charge >= 0.3 is 0 Å². The molecule has 1 aromatic heterocycles. The van der Waals surface area contributed by atoms with Crippen molar-refractivity contribution in [2.45, 2.75) is 12.7 Å². The second-order valence-electron chi connectivity index (χ2n) is 6.66. The van der Waals surface area contributed by atoms with Crippen molar-refractivity contribution >= 4 is 45.2 Å². The van der Waals surface area contributed by atoms with Gasteiger partial charge in [0.15, 0.2) is 4.77 Å². The van der Waals surface area contributed by atoms with Gasteiger partial charge in [0.25, 0.3) is 0 Å². The third kappa shape index (κ3) is 3.91. The second-order valence-corrected chi connectivity index (χ2v) is 8.46. The maximum Gasteiger partial charge on any atom is 0.182 e. The summed E-state index contributed by atoms with van der Waals surface area (Å²) < 4.78 is 15.8. The zero-order valence-corrected chi connectivity index (χ0v) is 17.1. The first kappa shape index (κ1) is 18.6. The molecule has 5 heteroatoms. The first-order valence-corrected chi connectivity index (χ1v) is 10.7. The smallest absolute Gasteiger partial charge is 0.182 e. The van der Waals surface area contributed by atoms with E-state index in [1.807, 2.05) is 84.4 Å². The summed E-state index contributed by atoms with van der Waals surface area (Å²) in [7, 11) is -1.22. The lowest BCUT2D eigenvalue weighted by atomic mass is 10.2. The number of nitrogens with one attached hydrogen (secondary N) is 1. The number of fused-ring (bicyclic) bond motifs is 1. The topological polar surface area (TPSA) is 37.8 Å². The van der Waals surface area contributed by atoms with Crippen molar-refractivity contribution in [1.82, 2.24) is 9.55 Å². The van der Waals surface area contributed by atoms with Crippen molar-refractivity contribution < 1.29 is 4.21 Å². The fourth-order valence-electron chi connectivity index (χ4n) is 3.16. The van der Waals surface area contributed by atoms with E-state index in [-0.39, 0.29) is 0 Å². The lowest BCUT2D eigenvalue weighted by molar-refractivity contribution is 0.688. The third-order valence-corrected chi connectivity index (χ3v) is 6.29. The molecule has 0 fully saturated rings. The SMILES string of the molecule is Cc1ccc2c(c1)[nH]c(=S)n2/C=C(/c1ccccc1)S(=O)Cc1ccccc1. The van der Waals surface area contributed by atoms with Gasteiger partial charge in [0.05, 0.1) is 32.5 Å². The van der Waals surface area contributed by atoms with Gasteiger partial charge in [-0.05, 0) is 48.0 Å². The minimum Gasteiger partial charge on any atom is -0.330 e. The molecule has 1 N–H and O–H groups in total. The molecule has 0 bridgehead atoms. The molecule has 1 unspecified atom stereocenters. The highest BCUT2D eigenvalue weighted by Gasteiger charge is 2.13. The van der Waals surface area contributed by atoms with Crippen LogP contribution in [0.1, 0.15) is 16.7 Å². The van der Waals surface area contributed by atoms with Crippen molar-refractivity contribution in [2.75, 3.05) is 0 Å². The van der Waals surface area contributed by atoms with Crippen LogP contribution < -0.4 is 0 Å². The normalized spacial score (nSPS) is 13.0. The molecular weight excluding hydrogens is 384 g/mol. The molecule has 1 heterocycles. The molecule has 3 aromatic carbocycles. The number of aromatic nitrogens is 2. The quantitative estimate of drug-likeness (QED) is 0.420. The van der Waals surface area contributed by atoms with Gasteiger partial charge in [0.2, 0.25) is 0 Å². The lowest BCUT2D eigenvalue weighted by Crippen LogP contribution is -2.01. The molecule has 4 aromatic rings. The van der Waals surface area contributed by atoms with Crippen molar-refractivity contribution in [3.8, 4) is 0 Å². The van der Waals surface area contributed by atoms with E-state index in [0.717, 1.165) is 32.6 Å². The van der Waals surface area contributed by atoms with Crippen LogP contribution in [-0.4, -0.2) is 13.8 Å². The molecule has 0 aliphatic carbocycles. The Morgan fingerprint density at radius 2 is 1.71 bits per heavy atom. The molecule has 0 saturated heterocycles. The maximum atomic E-state index is 13.3. The van der Waals surface area contributed by atoms with E-state index in [9.17, 15) is 4.21 Å². The van der Waals surface area contributed by atoms with Gasteiger partial charge in [-0.2, -0.15) is 0 Å². The molecule has 0 aliphatic rings. The fourth-order valence-corrected chi connectivity index (χ4v) is 4.69. The highest BCUT2D eigenvalue weighted by atomic mass is 32.2. The number of H-pyrrole nitrogens is 1. The van der Waals surface area contributed by atoms with Gasteiger partial charge in [0.1, 0.15) is 0 Å². The number of imidazole rings is 1. The minimum atomic E-state index is -1.22. The van der Waals surface area contributed by atoms with Crippen LogP contribution >= 0.6 is 12.2 Å². The van der Waals surface area contributed by atoms with Crippen LogP contribution in [0.5, 0.6) is 0 Å². The zero-order chi connectivity index (χ0) is 19.5. The number of rotatable bonds is 5. The largest absolute Gasteiger partial charge is 0.330 e. The lowest BCUT2D eigenvalue weighted by Gasteiger charge is -2.09. The van der Waals surface area contributed by atoms with E-state index < -0.39 is 10.8 Å². The molecule has 4 rings (SSSR count). The Labute approximate surface area is 171 Å². The first-order chi connectivity index (χ1) is 13.6. The van der Waals surface area contributed by atoms with E-state index in [2.05, 4.69) is 17.1 Å². The summed E-state index contributed by atoms with van der Waals surface area (Å²) in [5.41, 5.74) is 5.08. The monoisotopic (exact) mass is 404 g/mol. The van der Waals surface area contributed by atoms with Crippen molar-refractivity contribution in [1.29, 1.82) is 0 Å². The van der Waals surface area contributed by atoms with Crippen molar-refractivity contribution in [3.63, 3.8) is 0 Å². The summed E-state index contributed by atoms with van der Waals surface area (Å²) in [5, 5.41) is 0. The van der Waals surface area contributed by atoms with Crippen LogP contribution in [0.2, 0.25) is 0 Å². The average Bonchev–Trinajstić information content (AvgIpc) is 3.01. The van der Waals surface area contributed by atoms with Gasteiger partial charge in [-0.1, -0.05) is 66.7 Å². The molecular formula is C23H20N2OS2. The third-order valence-electron chi connectivity index (χ3n) is 4.56. The van der Waals surface area contributed by atoms with Crippen molar-refractivity contribution in [3.05, 3.63) is 100 Å². The first-order valence-electron chi connectivity index (χ1n) is 9.02. The summed E-state index contributed by atoms with van der Waals surface area (Å²) in [5.74, 6) is 0.455. The molecule has 0 saturated carbocycles. The number of aryl methyl sites for hydroxylation is 1. The van der Waals surface area contributed by atoms with Gasteiger partial charge in [-0.25, -0.2) is 0 Å². The number of benzene rings is 3. The highest BCUT2D eigenvalue weighted by molar-refractivity contribution is 7.94. The predicted octanol–water partition coefficient (Wildman–Crippen LogP) is 5.91. The highest BCUT2D eigenvalue weighted by Crippen LogP contribution is 2.25. The van der Waals surface area contributed by atoms with Crippen LogP contribution in [0, 0.1) is 11.7 Å². The van der Waals surface area contributed by atoms with Crippen LogP contribution in [0.3, 0.4) is 0 Å². The average molecular weight is 405 g/mol. The van der Waals surface area contributed by atoms with Crippen LogP contribution in [0.15, 0.2) is 78.9 Å². The number of hydrogen-bond donors (Lipinski definition) is 1. The number of aromatic amines is 1. The van der Waals surface area contributed by atoms with E-state index >= 15 is 0 Å². The summed E-state index contributed by atoms with van der Waals surface area (Å²) in [6.07, 6.45) is 1.91. The molecule has 0 aliphatic heterocycles. The molecule has 140 valence electrons. The maximum absolute atomic E-state index is 13.3. The molecule has 0 amide bonds. The Hall–Kier alpha value is -2.76. The summed E-state index contributed by atoms with van der Waals surface area (Å²) in [6, 6.07) is 25.9. The van der Waals surface area contributed by atoms with Crippen LogP contribution in [-0.2, 0) is 16.6 Å². The molecule has 3 nitrogen and oxygen atoms in total. The minimum absolute atomic E-state index is 0.455. The summed E-state index contributed by atoms with van der Waals surface area (Å²) >= 11 is 5.54. The standard InChI is InChI=1S/C23H20N2OS2/c1-17-12-13-21-20(14-17)24-23(27)25(21)15-22(19-10-6-3-7-11-19)28(26)16-18-8-4-2-5-9-18/h2-15H,16H2,1H3,(H,24,27)/b22-15-. The van der Waals surface area contributed by atoms with Gasteiger partial charge in [-0.3, -0.25) is 8.78 Å². The Kier molecular flexibility index (Phi) is 5.37. The number of nitrogens with zero attached hydrogens (tertiary/aromatic N) is 1. The fraction of sp³-hybridized carbons (Fsp3) is 0.0870. The second kappa shape index (κ2) is 8.09. The van der Waals surface area contributed by atoms with Gasteiger partial charge < -0.3 is 4.98 Å². The Morgan fingerprint density at radius 1 is 1.04 bits per heavy atom. The molecule has 1 atom stereocenters. The predicted molar refractivity (Wildman–Crippen MR) is 121 cm³/mol. The van der Waals surface area contributed by atoms with Crippen molar-refractivity contribution in [2.24, 2.45) is 0 Å². The van der Waals surface area contributed by atoms with E-state index in [0.29, 0.717) is 10.5 Å². The Balaban J connectivity index is 1.83. The van der Waals surface area contributed by atoms with E-state index in [1.165, 1.54) is 0 Å². The molecule has 0 radical (unpaired) electrons. The van der Waals surface area contributed by atoms with Gasteiger partial charge in [0, 0.05) is 6.20 Å². The van der Waals surface area contributed by atoms with Crippen LogP contribution in [0.25, 0.3) is 22.1 Å². The Morgan fingerprint density at radius 3 is 2.43 bits per heavy atom. The number of hydrogen-bond acceptors (Lipinski definition) is 2. The summed E-state index contributed by atoms with van der Waals surface area (Å²) in [6.45, 7) is 2.05. The van der Waals surface area contributed by atoms with Crippen LogP contribution in [0.4, 0.5) is 0 Å². The van der Waals surface area contributed by atoms with Gasteiger partial charge in [-0.15, -0.1) is 0 Å². The molecule has 0 spiro atoms. The zero-order valence-electron chi connectivity index (χ0n) is 15.5.